The van der Waals surface area contributed by atoms with Gasteiger partial charge in [0.05, 0.1) is 12.0 Å². The second kappa shape index (κ2) is 4.39. The highest BCUT2D eigenvalue weighted by molar-refractivity contribution is 5.91. The molecule has 2 bridgehead atoms. The number of carbonyl (C=O) groups excluding carboxylic acids is 1. The van der Waals surface area contributed by atoms with Gasteiger partial charge in [0.15, 0.2) is 23.0 Å². The Kier molecular flexibility index (Phi) is 2.35. The van der Waals surface area contributed by atoms with Crippen LogP contribution in [0.1, 0.15) is 34.2 Å². The number of hydrogen-bond acceptors (Lipinski definition) is 5. The van der Waals surface area contributed by atoms with E-state index < -0.39 is 0 Å². The van der Waals surface area contributed by atoms with E-state index in [2.05, 4.69) is 0 Å². The number of carbonyl (C=O) groups is 1. The maximum absolute atomic E-state index is 13.1. The number of ether oxygens (including phenoxy) is 4. The summed E-state index contributed by atoms with van der Waals surface area (Å²) >= 11 is 0. The van der Waals surface area contributed by atoms with Crippen LogP contribution in [-0.2, 0) is 11.2 Å². The minimum absolute atomic E-state index is 0.0186. The lowest BCUT2D eigenvalue weighted by Crippen LogP contribution is -2.39. The molecule has 126 valence electrons. The van der Waals surface area contributed by atoms with E-state index in [4.69, 9.17) is 18.9 Å². The largest absolute Gasteiger partial charge is 0.454 e. The SMILES string of the molecule is CN1C(=O)[C@@H]2c3cc4c(cc3C[C@H]1c1cc3c(cc12)OCO3)OCO4. The van der Waals surface area contributed by atoms with Gasteiger partial charge in [0.2, 0.25) is 19.5 Å². The number of rotatable bonds is 0. The highest BCUT2D eigenvalue weighted by Crippen LogP contribution is 2.52. The summed E-state index contributed by atoms with van der Waals surface area (Å²) in [6, 6.07) is 7.98. The molecule has 0 N–H and O–H groups in total. The summed E-state index contributed by atoms with van der Waals surface area (Å²) in [5.41, 5.74) is 4.28. The van der Waals surface area contributed by atoms with E-state index in [0.717, 1.165) is 40.2 Å². The number of nitrogens with zero attached hydrogens (tertiary/aromatic N) is 1. The Balaban J connectivity index is 1.63. The molecule has 4 heterocycles. The molecule has 5 aliphatic rings. The molecular formula is C19H15NO5. The van der Waals surface area contributed by atoms with Gasteiger partial charge in [-0.15, -0.1) is 0 Å². The summed E-state index contributed by atoms with van der Waals surface area (Å²) in [5, 5.41) is 0. The van der Waals surface area contributed by atoms with Gasteiger partial charge < -0.3 is 23.8 Å². The van der Waals surface area contributed by atoms with E-state index in [1.54, 1.807) is 0 Å². The van der Waals surface area contributed by atoms with Crippen LogP contribution < -0.4 is 18.9 Å². The molecule has 0 saturated carbocycles. The first-order valence-corrected chi connectivity index (χ1v) is 8.33. The highest BCUT2D eigenvalue weighted by Gasteiger charge is 2.44. The zero-order valence-corrected chi connectivity index (χ0v) is 13.6. The molecule has 0 fully saturated rings. The number of hydrogen-bond donors (Lipinski definition) is 0. The molecule has 6 nitrogen and oxygen atoms in total. The first-order chi connectivity index (χ1) is 12.2. The van der Waals surface area contributed by atoms with Crippen LogP contribution in [0, 0.1) is 0 Å². The zero-order valence-electron chi connectivity index (χ0n) is 13.6. The van der Waals surface area contributed by atoms with Gasteiger partial charge in [-0.2, -0.15) is 0 Å². The number of likely N-dealkylation sites (N-methyl/N-ethyl adjacent to an activating group) is 1. The molecule has 0 unspecified atom stereocenters. The average molecular weight is 337 g/mol. The van der Waals surface area contributed by atoms with Crippen LogP contribution in [0.15, 0.2) is 24.3 Å². The molecule has 1 aliphatic carbocycles. The molecule has 2 aromatic rings. The molecule has 0 saturated heterocycles. The second-order valence-electron chi connectivity index (χ2n) is 6.84. The Hall–Kier alpha value is -2.89. The van der Waals surface area contributed by atoms with Crippen molar-refractivity contribution in [2.45, 2.75) is 18.4 Å². The van der Waals surface area contributed by atoms with Crippen molar-refractivity contribution in [1.82, 2.24) is 4.90 Å². The monoisotopic (exact) mass is 337 g/mol. The molecule has 4 aliphatic heterocycles. The molecule has 25 heavy (non-hydrogen) atoms. The van der Waals surface area contributed by atoms with Crippen molar-refractivity contribution < 1.29 is 23.7 Å². The van der Waals surface area contributed by atoms with Crippen molar-refractivity contribution in [3.05, 3.63) is 46.5 Å². The van der Waals surface area contributed by atoms with Crippen LogP contribution in [0.2, 0.25) is 0 Å². The molecule has 2 aromatic carbocycles. The molecule has 6 heteroatoms. The second-order valence-corrected chi connectivity index (χ2v) is 6.84. The van der Waals surface area contributed by atoms with E-state index in [9.17, 15) is 4.79 Å². The van der Waals surface area contributed by atoms with Crippen molar-refractivity contribution in [2.24, 2.45) is 0 Å². The first-order valence-electron chi connectivity index (χ1n) is 8.33. The summed E-state index contributed by atoms with van der Waals surface area (Å²) in [6.45, 7) is 0.460. The van der Waals surface area contributed by atoms with Gasteiger partial charge in [-0.05, 0) is 52.9 Å². The summed E-state index contributed by atoms with van der Waals surface area (Å²) in [6.07, 6.45) is 0.747. The van der Waals surface area contributed by atoms with Crippen molar-refractivity contribution in [3.8, 4) is 23.0 Å². The normalized spacial score (nSPS) is 24.2. The third-order valence-corrected chi connectivity index (χ3v) is 5.67. The predicted octanol–water partition coefficient (Wildman–Crippen LogP) is 2.35. The van der Waals surface area contributed by atoms with Crippen LogP contribution in [0.5, 0.6) is 23.0 Å². The smallest absolute Gasteiger partial charge is 0.234 e. The summed E-state index contributed by atoms with van der Waals surface area (Å²) in [7, 11) is 1.88. The average Bonchev–Trinajstić information content (AvgIpc) is 3.21. The van der Waals surface area contributed by atoms with Crippen molar-refractivity contribution in [2.75, 3.05) is 20.6 Å². The quantitative estimate of drug-likeness (QED) is 0.739. The van der Waals surface area contributed by atoms with Gasteiger partial charge in [0, 0.05) is 7.05 Å². The van der Waals surface area contributed by atoms with E-state index >= 15 is 0 Å². The number of amides is 1. The Labute approximate surface area is 143 Å². The molecular weight excluding hydrogens is 322 g/mol. The highest BCUT2D eigenvalue weighted by atomic mass is 16.7. The van der Waals surface area contributed by atoms with Gasteiger partial charge in [0.1, 0.15) is 0 Å². The Morgan fingerprint density at radius 1 is 0.840 bits per heavy atom. The van der Waals surface area contributed by atoms with Gasteiger partial charge in [-0.25, -0.2) is 0 Å². The fraction of sp³-hybridized carbons (Fsp3) is 0.316. The van der Waals surface area contributed by atoms with E-state index in [0.29, 0.717) is 11.5 Å². The van der Waals surface area contributed by atoms with Gasteiger partial charge in [0.25, 0.3) is 0 Å². The fourth-order valence-electron chi connectivity index (χ4n) is 4.41. The standard InChI is InChI=1S/C19H15NO5/c1-20-13-2-9-3-14-15(23-7-22-14)4-10(9)18(19(20)21)12-6-17-16(5-11(12)13)24-8-25-17/h3-6,13,18H,2,7-8H2,1H3/t13-,18+/m0/s1. The van der Waals surface area contributed by atoms with Crippen LogP contribution in [0.25, 0.3) is 0 Å². The van der Waals surface area contributed by atoms with Crippen LogP contribution >= 0.6 is 0 Å². The third-order valence-electron chi connectivity index (χ3n) is 5.67. The van der Waals surface area contributed by atoms with Gasteiger partial charge >= 0.3 is 0 Å². The van der Waals surface area contributed by atoms with E-state index in [-0.39, 0.29) is 31.5 Å². The Morgan fingerprint density at radius 2 is 1.40 bits per heavy atom. The third kappa shape index (κ3) is 1.61. The maximum Gasteiger partial charge on any atom is 0.234 e. The van der Waals surface area contributed by atoms with E-state index in [1.807, 2.05) is 36.2 Å². The van der Waals surface area contributed by atoms with Crippen molar-refractivity contribution >= 4 is 5.91 Å². The molecule has 2 atom stereocenters. The molecule has 0 radical (unpaired) electrons. The Morgan fingerprint density at radius 3 is 2.08 bits per heavy atom. The molecule has 1 amide bonds. The zero-order chi connectivity index (χ0) is 16.7. The number of benzene rings is 2. The number of fused-ring (bicyclic) bond motifs is 3. The van der Waals surface area contributed by atoms with Crippen molar-refractivity contribution in [1.29, 1.82) is 0 Å². The first kappa shape index (κ1) is 13.4. The summed E-state index contributed by atoms with van der Waals surface area (Å²) < 4.78 is 22.2. The molecule has 0 aromatic heterocycles. The lowest BCUT2D eigenvalue weighted by atomic mass is 9.83. The van der Waals surface area contributed by atoms with Crippen LogP contribution in [-0.4, -0.2) is 31.4 Å². The minimum atomic E-state index is -0.349. The minimum Gasteiger partial charge on any atom is -0.454 e. The topological polar surface area (TPSA) is 57.2 Å². The fourth-order valence-corrected chi connectivity index (χ4v) is 4.41. The van der Waals surface area contributed by atoms with Crippen LogP contribution in [0.4, 0.5) is 0 Å². The summed E-state index contributed by atoms with van der Waals surface area (Å²) in [4.78, 5) is 15.0. The molecule has 7 rings (SSSR count). The lowest BCUT2D eigenvalue weighted by molar-refractivity contribution is -0.133. The Bertz CT molecular complexity index is 953. The lowest BCUT2D eigenvalue weighted by Gasteiger charge is -2.35. The summed E-state index contributed by atoms with van der Waals surface area (Å²) in [5.74, 6) is 2.69. The van der Waals surface area contributed by atoms with E-state index in [1.165, 1.54) is 0 Å². The van der Waals surface area contributed by atoms with Gasteiger partial charge in [-0.3, -0.25) is 4.79 Å². The maximum atomic E-state index is 13.1. The van der Waals surface area contributed by atoms with Crippen molar-refractivity contribution in [3.63, 3.8) is 0 Å². The van der Waals surface area contributed by atoms with Crippen LogP contribution in [0.3, 0.4) is 0 Å². The predicted molar refractivity (Wildman–Crippen MR) is 86.2 cm³/mol. The molecule has 0 spiro atoms. The van der Waals surface area contributed by atoms with Gasteiger partial charge in [-0.1, -0.05) is 0 Å².